The minimum Gasteiger partial charge on any atom is -0.394 e. The molecule has 1 saturated carbocycles. The van der Waals surface area contributed by atoms with E-state index < -0.39 is 42.5 Å². The van der Waals surface area contributed by atoms with Gasteiger partial charge in [0.2, 0.25) is 5.91 Å². The fraction of sp³-hybridized carbons (Fsp3) is 0.571. The predicted octanol–water partition coefficient (Wildman–Crippen LogP) is -0.339. The van der Waals surface area contributed by atoms with Crippen molar-refractivity contribution in [3.05, 3.63) is 35.9 Å². The molecule has 0 aliphatic heterocycles. The van der Waals surface area contributed by atoms with Crippen molar-refractivity contribution in [2.75, 3.05) is 6.61 Å². The Morgan fingerprint density at radius 3 is 2.27 bits per heavy atom. The van der Waals surface area contributed by atoms with Crippen LogP contribution in [-0.2, 0) is 20.9 Å². The van der Waals surface area contributed by atoms with E-state index in [1.165, 1.54) is 0 Å². The molecule has 5 N–H and O–H groups in total. The average Bonchev–Trinajstić information content (AvgIpc) is 2.77. The van der Waals surface area contributed by atoms with E-state index in [1.54, 1.807) is 30.3 Å². The van der Waals surface area contributed by atoms with Gasteiger partial charge in [-0.25, -0.2) is 5.01 Å². The third-order valence-corrected chi connectivity index (χ3v) is 5.27. The number of carbonyl (C=O) groups excluding carboxylic acids is 3. The van der Waals surface area contributed by atoms with Crippen molar-refractivity contribution < 1.29 is 34.8 Å². The van der Waals surface area contributed by atoms with Crippen LogP contribution in [-0.4, -0.2) is 68.0 Å². The Bertz CT molecular complexity index is 707. The SMILES string of the molecule is O=C(CC1CCCCC1)NN(Cc1ccccc1)C(=O)C(=O)[C@@H](O)[C@H](O)[C@@H](O)CO. The highest BCUT2D eigenvalue weighted by Gasteiger charge is 2.36. The van der Waals surface area contributed by atoms with Crippen LogP contribution in [0.5, 0.6) is 0 Å². The Hall–Kier alpha value is -2.33. The predicted molar refractivity (Wildman–Crippen MR) is 106 cm³/mol. The summed E-state index contributed by atoms with van der Waals surface area (Å²) in [5.41, 5.74) is 3.09. The van der Waals surface area contributed by atoms with Crippen LogP contribution in [0.4, 0.5) is 0 Å². The number of benzene rings is 1. The first-order valence-corrected chi connectivity index (χ1v) is 10.2. The van der Waals surface area contributed by atoms with Crippen molar-refractivity contribution in [2.45, 2.75) is 63.4 Å². The zero-order valence-corrected chi connectivity index (χ0v) is 16.8. The fourth-order valence-electron chi connectivity index (χ4n) is 3.51. The molecule has 0 bridgehead atoms. The Kier molecular flexibility index (Phi) is 9.38. The lowest BCUT2D eigenvalue weighted by molar-refractivity contribution is -0.159. The van der Waals surface area contributed by atoms with Gasteiger partial charge < -0.3 is 20.4 Å². The van der Waals surface area contributed by atoms with Gasteiger partial charge in [-0.3, -0.25) is 19.8 Å². The lowest BCUT2D eigenvalue weighted by Gasteiger charge is -2.27. The smallest absolute Gasteiger partial charge is 0.311 e. The number of hydrazine groups is 1. The maximum Gasteiger partial charge on any atom is 0.311 e. The standard InChI is InChI=1S/C21H30N2O7/c24-13-16(25)18(27)19(28)20(29)21(30)23(12-15-9-5-2-6-10-15)22-17(26)11-14-7-3-1-4-8-14/h2,5-6,9-10,14,16,18-19,24-25,27-28H,1,3-4,7-8,11-13H2,(H,22,26)/t16-,18+,19-/m0/s1. The second-order valence-corrected chi connectivity index (χ2v) is 7.67. The van der Waals surface area contributed by atoms with Crippen LogP contribution in [0.3, 0.4) is 0 Å². The minimum absolute atomic E-state index is 0.118. The van der Waals surface area contributed by atoms with Gasteiger partial charge in [-0.1, -0.05) is 49.6 Å². The molecule has 166 valence electrons. The molecule has 0 unspecified atom stereocenters. The van der Waals surface area contributed by atoms with Gasteiger partial charge in [0.05, 0.1) is 13.2 Å². The van der Waals surface area contributed by atoms with E-state index in [1.807, 2.05) is 0 Å². The van der Waals surface area contributed by atoms with Crippen LogP contribution >= 0.6 is 0 Å². The number of carbonyl (C=O) groups is 3. The number of nitrogens with zero attached hydrogens (tertiary/aromatic N) is 1. The Labute approximate surface area is 175 Å². The number of aliphatic hydroxyl groups excluding tert-OH is 4. The normalized spacial score (nSPS) is 17.6. The molecule has 9 heteroatoms. The molecule has 2 amide bonds. The van der Waals surface area contributed by atoms with Gasteiger partial charge in [0, 0.05) is 6.42 Å². The summed E-state index contributed by atoms with van der Waals surface area (Å²) in [6.45, 7) is -1.02. The maximum atomic E-state index is 12.7. The van der Waals surface area contributed by atoms with Crippen molar-refractivity contribution >= 4 is 17.6 Å². The summed E-state index contributed by atoms with van der Waals surface area (Å²) < 4.78 is 0. The first-order valence-electron chi connectivity index (χ1n) is 10.2. The second-order valence-electron chi connectivity index (χ2n) is 7.67. The Morgan fingerprint density at radius 2 is 1.67 bits per heavy atom. The number of hydrogen-bond donors (Lipinski definition) is 5. The zero-order valence-electron chi connectivity index (χ0n) is 16.8. The minimum atomic E-state index is -2.24. The molecule has 0 radical (unpaired) electrons. The summed E-state index contributed by atoms with van der Waals surface area (Å²) in [6, 6.07) is 8.66. The summed E-state index contributed by atoms with van der Waals surface area (Å²) in [5.74, 6) is -2.82. The van der Waals surface area contributed by atoms with Crippen molar-refractivity contribution in [2.24, 2.45) is 5.92 Å². The second kappa shape index (κ2) is 11.8. The molecule has 0 saturated heterocycles. The molecule has 30 heavy (non-hydrogen) atoms. The van der Waals surface area contributed by atoms with E-state index in [9.17, 15) is 29.7 Å². The first-order chi connectivity index (χ1) is 14.3. The molecule has 0 spiro atoms. The van der Waals surface area contributed by atoms with Gasteiger partial charge >= 0.3 is 5.91 Å². The number of nitrogens with one attached hydrogen (secondary N) is 1. The summed E-state index contributed by atoms with van der Waals surface area (Å²) in [7, 11) is 0. The lowest BCUT2D eigenvalue weighted by atomic mass is 9.87. The van der Waals surface area contributed by atoms with Crippen molar-refractivity contribution in [1.29, 1.82) is 0 Å². The third-order valence-electron chi connectivity index (χ3n) is 5.27. The van der Waals surface area contributed by atoms with Gasteiger partial charge in [-0.05, 0) is 24.3 Å². The number of amides is 2. The molecule has 0 heterocycles. The molecule has 3 atom stereocenters. The van der Waals surface area contributed by atoms with Crippen molar-refractivity contribution in [3.63, 3.8) is 0 Å². The molecule has 0 aromatic heterocycles. The number of aliphatic hydroxyl groups is 4. The molecule has 1 aliphatic rings. The van der Waals surface area contributed by atoms with E-state index in [0.717, 1.165) is 37.1 Å². The summed E-state index contributed by atoms with van der Waals surface area (Å²) in [5, 5.41) is 38.8. The van der Waals surface area contributed by atoms with E-state index in [2.05, 4.69) is 5.43 Å². The van der Waals surface area contributed by atoms with Gasteiger partial charge in [-0.2, -0.15) is 0 Å². The Morgan fingerprint density at radius 1 is 1.03 bits per heavy atom. The highest BCUT2D eigenvalue weighted by Crippen LogP contribution is 2.26. The molecule has 1 aliphatic carbocycles. The van der Waals surface area contributed by atoms with Crippen LogP contribution < -0.4 is 5.43 Å². The van der Waals surface area contributed by atoms with Crippen molar-refractivity contribution in [3.8, 4) is 0 Å². The van der Waals surface area contributed by atoms with Crippen LogP contribution in [0, 0.1) is 5.92 Å². The number of rotatable bonds is 9. The summed E-state index contributed by atoms with van der Waals surface area (Å²) >= 11 is 0. The van der Waals surface area contributed by atoms with E-state index in [-0.39, 0.29) is 18.9 Å². The molecule has 1 fully saturated rings. The number of ketones is 1. The summed E-state index contributed by atoms with van der Waals surface area (Å²) in [6.07, 6.45) is -0.727. The summed E-state index contributed by atoms with van der Waals surface area (Å²) in [4.78, 5) is 37.5. The molecule has 9 nitrogen and oxygen atoms in total. The van der Waals surface area contributed by atoms with Gasteiger partial charge in [-0.15, -0.1) is 0 Å². The van der Waals surface area contributed by atoms with Crippen molar-refractivity contribution in [1.82, 2.24) is 10.4 Å². The van der Waals surface area contributed by atoms with Crippen LogP contribution in [0.25, 0.3) is 0 Å². The largest absolute Gasteiger partial charge is 0.394 e. The van der Waals surface area contributed by atoms with E-state index in [4.69, 9.17) is 5.11 Å². The lowest BCUT2D eigenvalue weighted by Crippen LogP contribution is -2.54. The van der Waals surface area contributed by atoms with Gasteiger partial charge in [0.25, 0.3) is 5.78 Å². The average molecular weight is 422 g/mol. The van der Waals surface area contributed by atoms with Crippen LogP contribution in [0.2, 0.25) is 0 Å². The van der Waals surface area contributed by atoms with Gasteiger partial charge in [0.15, 0.2) is 6.10 Å². The third kappa shape index (κ3) is 6.88. The number of Topliss-reactive ketones (excluding diaryl/α,β-unsaturated/α-hetero) is 1. The van der Waals surface area contributed by atoms with Crippen LogP contribution in [0.15, 0.2) is 30.3 Å². The molecular formula is C21H30N2O7. The zero-order chi connectivity index (χ0) is 22.1. The first kappa shape index (κ1) is 23.9. The number of hydrogen-bond acceptors (Lipinski definition) is 7. The van der Waals surface area contributed by atoms with Crippen LogP contribution in [0.1, 0.15) is 44.1 Å². The topological polar surface area (TPSA) is 147 Å². The molecular weight excluding hydrogens is 392 g/mol. The molecule has 2 rings (SSSR count). The van der Waals surface area contributed by atoms with E-state index >= 15 is 0 Å². The van der Waals surface area contributed by atoms with E-state index in [0.29, 0.717) is 5.56 Å². The van der Waals surface area contributed by atoms with Gasteiger partial charge in [0.1, 0.15) is 12.2 Å². The maximum absolute atomic E-state index is 12.7. The molecule has 1 aromatic carbocycles. The quantitative estimate of drug-likeness (QED) is 0.270. The highest BCUT2D eigenvalue weighted by atomic mass is 16.4. The Balaban J connectivity index is 2.10. The highest BCUT2D eigenvalue weighted by molar-refractivity contribution is 6.37. The fourth-order valence-corrected chi connectivity index (χ4v) is 3.51. The molecule has 1 aromatic rings. The monoisotopic (exact) mass is 422 g/mol.